The Kier molecular flexibility index (Phi) is 3.97. The summed E-state index contributed by atoms with van der Waals surface area (Å²) >= 11 is 0. The van der Waals surface area contributed by atoms with E-state index in [0.717, 1.165) is 6.07 Å². The molecule has 28 heavy (non-hydrogen) atoms. The number of hydrogen-bond acceptors (Lipinski definition) is 5. The van der Waals surface area contributed by atoms with E-state index in [1.807, 2.05) is 0 Å². The van der Waals surface area contributed by atoms with Crippen molar-refractivity contribution in [3.05, 3.63) is 94.5 Å². The molecule has 1 amide bonds. The van der Waals surface area contributed by atoms with Gasteiger partial charge in [-0.3, -0.25) is 14.4 Å². The van der Waals surface area contributed by atoms with Crippen LogP contribution in [0.5, 0.6) is 0 Å². The average molecular weight is 391 g/mol. The number of rotatable bonds is 3. The molecule has 0 saturated heterocycles. The van der Waals surface area contributed by atoms with Gasteiger partial charge in [0.1, 0.15) is 0 Å². The third-order valence-electron chi connectivity index (χ3n) is 4.65. The molecular weight excluding hydrogens is 378 g/mol. The summed E-state index contributed by atoms with van der Waals surface area (Å²) in [5.74, 6) is -2.16. The topological polar surface area (TPSA) is 111 Å². The van der Waals surface area contributed by atoms with Gasteiger partial charge in [0.05, 0.1) is 20.9 Å². The van der Waals surface area contributed by atoms with Gasteiger partial charge in [0.25, 0.3) is 0 Å². The Balaban J connectivity index is 2.10. The van der Waals surface area contributed by atoms with Crippen molar-refractivity contribution in [3.8, 4) is 0 Å². The maximum absolute atomic E-state index is 13.2. The summed E-state index contributed by atoms with van der Waals surface area (Å²) in [6.45, 7) is 0. The first-order valence-electron chi connectivity index (χ1n) is 8.29. The highest BCUT2D eigenvalue weighted by molar-refractivity contribution is 7.91. The van der Waals surface area contributed by atoms with Crippen LogP contribution in [0.25, 0.3) is 0 Å². The van der Waals surface area contributed by atoms with E-state index in [2.05, 4.69) is 0 Å². The number of carbonyl (C=O) groups is 3. The molecule has 3 aromatic carbocycles. The summed E-state index contributed by atoms with van der Waals surface area (Å²) in [5.41, 5.74) is 4.81. The van der Waals surface area contributed by atoms with Crippen LogP contribution in [-0.2, 0) is 9.84 Å². The van der Waals surface area contributed by atoms with Crippen molar-refractivity contribution in [2.45, 2.75) is 9.79 Å². The van der Waals surface area contributed by atoms with Crippen molar-refractivity contribution in [2.24, 2.45) is 5.73 Å². The minimum Gasteiger partial charge on any atom is -0.366 e. The van der Waals surface area contributed by atoms with Crippen LogP contribution in [-0.4, -0.2) is 25.9 Å². The second-order valence-electron chi connectivity index (χ2n) is 6.25. The standard InChI is InChI=1S/C21H13NO5S/c22-21(25)15-10-11-16(28(26,27)12-6-2-1-3-7-12)18-17(15)19(23)13-8-4-5-9-14(13)20(18)24/h1-11H,(H2,22,25). The number of sulfone groups is 1. The highest BCUT2D eigenvalue weighted by atomic mass is 32.2. The predicted octanol–water partition coefficient (Wildman–Crippen LogP) is 2.39. The first-order valence-corrected chi connectivity index (χ1v) is 9.77. The van der Waals surface area contributed by atoms with E-state index in [1.54, 1.807) is 30.3 Å². The fraction of sp³-hybridized carbons (Fsp3) is 0. The van der Waals surface area contributed by atoms with E-state index in [1.165, 1.54) is 30.3 Å². The molecule has 0 aliphatic heterocycles. The molecule has 0 unspecified atom stereocenters. The SMILES string of the molecule is NC(=O)c1ccc(S(=O)(=O)c2ccccc2)c2c1C(=O)c1ccccc1C2=O. The van der Waals surface area contributed by atoms with Gasteiger partial charge in [0.15, 0.2) is 11.6 Å². The highest BCUT2D eigenvalue weighted by Crippen LogP contribution is 2.35. The fourth-order valence-corrected chi connectivity index (χ4v) is 4.83. The number of hydrogen-bond donors (Lipinski definition) is 1. The number of benzene rings is 3. The molecule has 0 heterocycles. The molecule has 1 aliphatic carbocycles. The van der Waals surface area contributed by atoms with E-state index in [9.17, 15) is 22.8 Å². The van der Waals surface area contributed by atoms with Gasteiger partial charge in [0.2, 0.25) is 15.7 Å². The van der Waals surface area contributed by atoms with Crippen LogP contribution in [0.1, 0.15) is 42.2 Å². The molecule has 138 valence electrons. The van der Waals surface area contributed by atoms with Crippen LogP contribution in [0, 0.1) is 0 Å². The monoisotopic (exact) mass is 391 g/mol. The predicted molar refractivity (Wildman–Crippen MR) is 100 cm³/mol. The number of primary amides is 1. The molecule has 0 fully saturated rings. The maximum atomic E-state index is 13.2. The Morgan fingerprint density at radius 3 is 1.82 bits per heavy atom. The molecule has 0 aromatic heterocycles. The molecular formula is C21H13NO5S. The summed E-state index contributed by atoms with van der Waals surface area (Å²) < 4.78 is 26.3. The first kappa shape index (κ1) is 17.8. The molecule has 6 nitrogen and oxygen atoms in total. The third-order valence-corrected chi connectivity index (χ3v) is 6.46. The Labute approximate surface area is 160 Å². The molecule has 0 saturated carbocycles. The van der Waals surface area contributed by atoms with E-state index in [0.29, 0.717) is 0 Å². The smallest absolute Gasteiger partial charge is 0.249 e. The number of ketones is 2. The van der Waals surface area contributed by atoms with Gasteiger partial charge in [-0.2, -0.15) is 0 Å². The average Bonchev–Trinajstić information content (AvgIpc) is 2.71. The second-order valence-corrected chi connectivity index (χ2v) is 8.16. The number of amides is 1. The van der Waals surface area contributed by atoms with Crippen molar-refractivity contribution < 1.29 is 22.8 Å². The van der Waals surface area contributed by atoms with Crippen LogP contribution < -0.4 is 5.73 Å². The Bertz CT molecular complexity index is 1280. The van der Waals surface area contributed by atoms with Crippen LogP contribution in [0.2, 0.25) is 0 Å². The molecule has 0 atom stereocenters. The zero-order valence-corrected chi connectivity index (χ0v) is 15.2. The van der Waals surface area contributed by atoms with Crippen molar-refractivity contribution in [1.82, 2.24) is 0 Å². The van der Waals surface area contributed by atoms with Gasteiger partial charge >= 0.3 is 0 Å². The number of carbonyl (C=O) groups excluding carboxylic acids is 3. The Hall–Kier alpha value is -3.58. The third kappa shape index (κ3) is 2.48. The van der Waals surface area contributed by atoms with Gasteiger partial charge in [-0.05, 0) is 24.3 Å². The molecule has 7 heteroatoms. The Morgan fingerprint density at radius 2 is 1.25 bits per heavy atom. The molecule has 1 aliphatic rings. The van der Waals surface area contributed by atoms with Crippen molar-refractivity contribution in [2.75, 3.05) is 0 Å². The summed E-state index contributed by atoms with van der Waals surface area (Å²) in [7, 11) is -4.11. The van der Waals surface area contributed by atoms with Crippen molar-refractivity contribution >= 4 is 27.3 Å². The van der Waals surface area contributed by atoms with Gasteiger partial charge in [-0.25, -0.2) is 8.42 Å². The van der Waals surface area contributed by atoms with Crippen LogP contribution >= 0.6 is 0 Å². The first-order chi connectivity index (χ1) is 13.3. The van der Waals surface area contributed by atoms with Crippen LogP contribution in [0.3, 0.4) is 0 Å². The van der Waals surface area contributed by atoms with Gasteiger partial charge in [-0.15, -0.1) is 0 Å². The fourth-order valence-electron chi connectivity index (χ4n) is 3.35. The van der Waals surface area contributed by atoms with Crippen molar-refractivity contribution in [1.29, 1.82) is 0 Å². The highest BCUT2D eigenvalue weighted by Gasteiger charge is 2.37. The maximum Gasteiger partial charge on any atom is 0.249 e. The van der Waals surface area contributed by atoms with Gasteiger partial charge in [-0.1, -0.05) is 42.5 Å². The van der Waals surface area contributed by atoms with E-state index in [4.69, 9.17) is 5.73 Å². The lowest BCUT2D eigenvalue weighted by Gasteiger charge is -2.22. The number of nitrogens with two attached hydrogens (primary N) is 1. The van der Waals surface area contributed by atoms with Crippen molar-refractivity contribution in [3.63, 3.8) is 0 Å². The van der Waals surface area contributed by atoms with Gasteiger partial charge in [0, 0.05) is 16.7 Å². The normalized spacial score (nSPS) is 13.0. The molecule has 0 spiro atoms. The lowest BCUT2D eigenvalue weighted by molar-refractivity contribution is 0.0962. The van der Waals surface area contributed by atoms with Crippen LogP contribution in [0.15, 0.2) is 76.5 Å². The molecule has 0 bridgehead atoms. The van der Waals surface area contributed by atoms with E-state index >= 15 is 0 Å². The summed E-state index contributed by atoms with van der Waals surface area (Å²) in [6.07, 6.45) is 0. The molecule has 3 aromatic rings. The van der Waals surface area contributed by atoms with Crippen LogP contribution in [0.4, 0.5) is 0 Å². The molecule has 4 rings (SSSR count). The van der Waals surface area contributed by atoms with E-state index in [-0.39, 0.29) is 37.6 Å². The largest absolute Gasteiger partial charge is 0.366 e. The summed E-state index contributed by atoms with van der Waals surface area (Å²) in [5, 5.41) is 0. The number of fused-ring (bicyclic) bond motifs is 2. The van der Waals surface area contributed by atoms with Gasteiger partial charge < -0.3 is 5.73 Å². The Morgan fingerprint density at radius 1 is 0.714 bits per heavy atom. The molecule has 0 radical (unpaired) electrons. The minimum absolute atomic E-state index is 0.0249. The molecule has 2 N–H and O–H groups in total. The van der Waals surface area contributed by atoms with E-state index < -0.39 is 27.3 Å². The zero-order valence-electron chi connectivity index (χ0n) is 14.4. The minimum atomic E-state index is -4.11. The lowest BCUT2D eigenvalue weighted by atomic mass is 9.81. The lowest BCUT2D eigenvalue weighted by Crippen LogP contribution is -2.28. The zero-order chi connectivity index (χ0) is 20.1. The summed E-state index contributed by atoms with van der Waals surface area (Å²) in [4.78, 5) is 37.7. The quantitative estimate of drug-likeness (QED) is 0.576. The second kappa shape index (κ2) is 6.24. The summed E-state index contributed by atoms with van der Waals surface area (Å²) in [6, 6.07) is 16.0.